The van der Waals surface area contributed by atoms with E-state index in [-0.39, 0.29) is 30.1 Å². The number of pyridine rings is 1. The van der Waals surface area contributed by atoms with Crippen molar-refractivity contribution < 1.29 is 27.8 Å². The van der Waals surface area contributed by atoms with E-state index in [1.807, 2.05) is 6.92 Å². The number of hydrogen-bond acceptors (Lipinski definition) is 4. The van der Waals surface area contributed by atoms with Gasteiger partial charge in [0.15, 0.2) is 6.10 Å². The third-order valence-electron chi connectivity index (χ3n) is 4.29. The van der Waals surface area contributed by atoms with Crippen LogP contribution in [0.15, 0.2) is 18.2 Å². The Labute approximate surface area is 142 Å². The number of alkyl halides is 3. The summed E-state index contributed by atoms with van der Waals surface area (Å²) in [5.41, 5.74) is 1.77. The van der Waals surface area contributed by atoms with Crippen LogP contribution in [-0.4, -0.2) is 52.9 Å². The molecule has 1 fully saturated rings. The summed E-state index contributed by atoms with van der Waals surface area (Å²) in [6.07, 6.45) is -6.52. The molecule has 1 atom stereocenters. The summed E-state index contributed by atoms with van der Waals surface area (Å²) in [6, 6.07) is 4.91. The fourth-order valence-electron chi connectivity index (χ4n) is 2.93. The van der Waals surface area contributed by atoms with Crippen molar-refractivity contribution in [3.8, 4) is 5.75 Å². The molecule has 1 aliphatic rings. The van der Waals surface area contributed by atoms with Crippen LogP contribution in [0.4, 0.5) is 13.2 Å². The number of aromatic nitrogens is 1. The highest BCUT2D eigenvalue weighted by atomic mass is 19.4. The van der Waals surface area contributed by atoms with Gasteiger partial charge in [0.1, 0.15) is 17.0 Å². The largest absolute Gasteiger partial charge is 0.505 e. The molecule has 0 saturated carbocycles. The van der Waals surface area contributed by atoms with Gasteiger partial charge in [0.05, 0.1) is 13.2 Å². The van der Waals surface area contributed by atoms with Crippen molar-refractivity contribution in [3.05, 3.63) is 35.0 Å². The van der Waals surface area contributed by atoms with E-state index in [9.17, 15) is 23.1 Å². The van der Waals surface area contributed by atoms with E-state index >= 15 is 0 Å². The number of benzene rings is 1. The molecule has 0 spiro atoms. The number of fused-ring (bicyclic) bond motifs is 1. The van der Waals surface area contributed by atoms with E-state index in [1.54, 1.807) is 19.1 Å². The van der Waals surface area contributed by atoms with Crippen LogP contribution >= 0.6 is 0 Å². The summed E-state index contributed by atoms with van der Waals surface area (Å²) in [5, 5.41) is 10.9. The van der Waals surface area contributed by atoms with Crippen LogP contribution in [0.3, 0.4) is 0 Å². The highest BCUT2D eigenvalue weighted by molar-refractivity contribution is 5.97. The van der Waals surface area contributed by atoms with Crippen LogP contribution < -0.4 is 0 Å². The monoisotopic (exact) mass is 354 g/mol. The zero-order valence-electron chi connectivity index (χ0n) is 13.7. The average Bonchev–Trinajstić information content (AvgIpc) is 2.58. The fraction of sp³-hybridized carbons (Fsp3) is 0.412. The van der Waals surface area contributed by atoms with E-state index in [0.717, 1.165) is 10.5 Å². The molecule has 5 nitrogen and oxygen atoms in total. The van der Waals surface area contributed by atoms with E-state index < -0.39 is 24.7 Å². The summed E-state index contributed by atoms with van der Waals surface area (Å²) in [6.45, 7) is 2.87. The van der Waals surface area contributed by atoms with Crippen molar-refractivity contribution in [1.29, 1.82) is 0 Å². The van der Waals surface area contributed by atoms with Gasteiger partial charge in [-0.25, -0.2) is 4.98 Å². The van der Waals surface area contributed by atoms with Crippen molar-refractivity contribution in [3.63, 3.8) is 0 Å². The van der Waals surface area contributed by atoms with E-state index in [1.165, 1.54) is 6.07 Å². The molecule has 0 radical (unpaired) electrons. The minimum Gasteiger partial charge on any atom is -0.505 e. The quantitative estimate of drug-likeness (QED) is 0.855. The number of nitrogens with zero attached hydrogens (tertiary/aromatic N) is 2. The lowest BCUT2D eigenvalue weighted by Crippen LogP contribution is -2.51. The van der Waals surface area contributed by atoms with Gasteiger partial charge in [0.25, 0.3) is 5.91 Å². The minimum absolute atomic E-state index is 0.00405. The van der Waals surface area contributed by atoms with Crippen LogP contribution in [-0.2, 0) is 4.74 Å². The third kappa shape index (κ3) is 3.26. The second kappa shape index (κ2) is 6.18. The second-order valence-electron chi connectivity index (χ2n) is 6.10. The SMILES string of the molecule is Cc1cc(C)c2ccc(C(=O)N3CCO[C@H](C(F)(F)F)C3)nc2c1O. The molecule has 8 heteroatoms. The fourth-order valence-corrected chi connectivity index (χ4v) is 2.93. The molecule has 0 unspecified atom stereocenters. The summed E-state index contributed by atoms with van der Waals surface area (Å²) in [4.78, 5) is 17.8. The zero-order valence-corrected chi connectivity index (χ0v) is 13.7. The Morgan fingerprint density at radius 1 is 1.32 bits per heavy atom. The topological polar surface area (TPSA) is 62.7 Å². The number of aromatic hydroxyl groups is 1. The molecule has 1 amide bonds. The molecule has 2 aromatic rings. The number of phenolic OH excluding ortho intramolecular Hbond substituents is 1. The van der Waals surface area contributed by atoms with Crippen molar-refractivity contribution in [2.45, 2.75) is 26.1 Å². The third-order valence-corrected chi connectivity index (χ3v) is 4.29. The smallest absolute Gasteiger partial charge is 0.416 e. The first kappa shape index (κ1) is 17.5. The standard InChI is InChI=1S/C17H17F3N2O3/c1-9-7-10(2)15(23)14-11(9)3-4-12(21-14)16(24)22-5-6-25-13(8-22)17(18,19)20/h3-4,7,13,23H,5-6,8H2,1-2H3/t13-/m0/s1. The average molecular weight is 354 g/mol. The highest BCUT2D eigenvalue weighted by Gasteiger charge is 2.44. The number of amides is 1. The van der Waals surface area contributed by atoms with Crippen molar-refractivity contribution >= 4 is 16.8 Å². The normalized spacial score (nSPS) is 18.6. The highest BCUT2D eigenvalue weighted by Crippen LogP contribution is 2.30. The molecular formula is C17H17F3N2O3. The predicted octanol–water partition coefficient (Wildman–Crippen LogP) is 2.96. The Hall–Kier alpha value is -2.35. The maximum atomic E-state index is 12.8. The number of aryl methyl sites for hydroxylation is 2. The van der Waals surface area contributed by atoms with Crippen LogP contribution in [0.25, 0.3) is 10.9 Å². The Balaban J connectivity index is 1.93. The lowest BCUT2D eigenvalue weighted by atomic mass is 10.0. The van der Waals surface area contributed by atoms with Gasteiger partial charge in [-0.05, 0) is 31.0 Å². The molecular weight excluding hydrogens is 337 g/mol. The van der Waals surface area contributed by atoms with Crippen LogP contribution in [0.5, 0.6) is 5.75 Å². The van der Waals surface area contributed by atoms with Crippen LogP contribution in [0, 0.1) is 13.8 Å². The molecule has 0 aliphatic carbocycles. The molecule has 3 rings (SSSR count). The number of rotatable bonds is 1. The number of halogens is 3. The minimum atomic E-state index is -4.53. The van der Waals surface area contributed by atoms with Crippen LogP contribution in [0.1, 0.15) is 21.6 Å². The van der Waals surface area contributed by atoms with Gasteiger partial charge in [-0.15, -0.1) is 0 Å². The maximum Gasteiger partial charge on any atom is 0.416 e. The first-order valence-electron chi connectivity index (χ1n) is 7.76. The first-order chi connectivity index (χ1) is 11.7. The van der Waals surface area contributed by atoms with Crippen LogP contribution in [0.2, 0.25) is 0 Å². The molecule has 1 aliphatic heterocycles. The molecule has 1 aromatic carbocycles. The number of carbonyl (C=O) groups is 1. The number of morpholine rings is 1. The number of phenols is 1. The van der Waals surface area contributed by atoms with Crippen molar-refractivity contribution in [2.75, 3.05) is 19.7 Å². The van der Waals surface area contributed by atoms with Gasteiger partial charge in [0, 0.05) is 11.9 Å². The lowest BCUT2D eigenvalue weighted by molar-refractivity contribution is -0.233. The van der Waals surface area contributed by atoms with Gasteiger partial charge < -0.3 is 14.7 Å². The van der Waals surface area contributed by atoms with Gasteiger partial charge >= 0.3 is 6.18 Å². The van der Waals surface area contributed by atoms with E-state index in [4.69, 9.17) is 4.74 Å². The Bertz CT molecular complexity index is 836. The molecule has 2 heterocycles. The molecule has 0 bridgehead atoms. The van der Waals surface area contributed by atoms with Gasteiger partial charge in [-0.1, -0.05) is 12.1 Å². The Morgan fingerprint density at radius 2 is 2.04 bits per heavy atom. The summed E-state index contributed by atoms with van der Waals surface area (Å²) >= 11 is 0. The first-order valence-corrected chi connectivity index (χ1v) is 7.76. The maximum absolute atomic E-state index is 12.8. The van der Waals surface area contributed by atoms with Crippen molar-refractivity contribution in [2.24, 2.45) is 0 Å². The number of hydrogen-bond donors (Lipinski definition) is 1. The summed E-state index contributed by atoms with van der Waals surface area (Å²) in [5.74, 6) is -0.650. The number of carbonyl (C=O) groups excluding carboxylic acids is 1. The summed E-state index contributed by atoms with van der Waals surface area (Å²) < 4.78 is 43.2. The molecule has 134 valence electrons. The zero-order chi connectivity index (χ0) is 18.4. The van der Waals surface area contributed by atoms with Crippen molar-refractivity contribution in [1.82, 2.24) is 9.88 Å². The lowest BCUT2D eigenvalue weighted by Gasteiger charge is -2.33. The Kier molecular flexibility index (Phi) is 4.32. The summed E-state index contributed by atoms with van der Waals surface area (Å²) in [7, 11) is 0. The van der Waals surface area contributed by atoms with Gasteiger partial charge in [0.2, 0.25) is 0 Å². The Morgan fingerprint density at radius 3 is 2.72 bits per heavy atom. The van der Waals surface area contributed by atoms with E-state index in [2.05, 4.69) is 4.98 Å². The second-order valence-corrected chi connectivity index (χ2v) is 6.10. The molecule has 25 heavy (non-hydrogen) atoms. The van der Waals surface area contributed by atoms with Gasteiger partial charge in [-0.3, -0.25) is 4.79 Å². The number of ether oxygens (including phenoxy) is 1. The molecule has 1 N–H and O–H groups in total. The van der Waals surface area contributed by atoms with Gasteiger partial charge in [-0.2, -0.15) is 13.2 Å². The van der Waals surface area contributed by atoms with E-state index in [0.29, 0.717) is 10.9 Å². The molecule has 1 saturated heterocycles. The molecule has 1 aromatic heterocycles. The predicted molar refractivity (Wildman–Crippen MR) is 84.6 cm³/mol.